The van der Waals surface area contributed by atoms with Crippen LogP contribution in [0.3, 0.4) is 0 Å². The first-order chi connectivity index (χ1) is 26.5. The van der Waals surface area contributed by atoms with Crippen LogP contribution in [0.1, 0.15) is 187 Å². The minimum absolute atomic E-state index is 0.0374. The molecule has 0 saturated heterocycles. The van der Waals surface area contributed by atoms with Crippen molar-refractivity contribution in [2.45, 2.75) is 193 Å². The van der Waals surface area contributed by atoms with Gasteiger partial charge in [0.05, 0.1) is 27.7 Å². The van der Waals surface area contributed by atoms with Gasteiger partial charge in [0.2, 0.25) is 0 Å². The molecule has 0 aliphatic carbocycles. The molecule has 0 heterocycles. The standard InChI is InChI=1S/C45H84NO8P/c1-6-8-10-12-14-16-18-20-22-24-25-27-29-31-33-35-37-44(47)51-41-43(42-53-55(49,50)52-40-39-46(3,4)5)54-45(48)38-36-34-32-30-28-26-23-21-19-17-15-13-11-9-7-2/h15,17,21,23,28,30,43H,6-14,16,18-20,22,24-27,29,31-42H2,1-5H3/b17-15+,23-21+,30-28+/t43-/m1/s1. The number of hydrogen-bond acceptors (Lipinski definition) is 8. The van der Waals surface area contributed by atoms with Crippen molar-refractivity contribution >= 4 is 19.8 Å². The molecule has 0 aromatic heterocycles. The number of phosphoric acid groups is 1. The van der Waals surface area contributed by atoms with E-state index >= 15 is 0 Å². The third-order valence-electron chi connectivity index (χ3n) is 9.41. The third kappa shape index (κ3) is 41.7. The average Bonchev–Trinajstić information content (AvgIpc) is 3.13. The van der Waals surface area contributed by atoms with Crippen LogP contribution in [0.15, 0.2) is 36.5 Å². The zero-order valence-corrected chi connectivity index (χ0v) is 37.0. The van der Waals surface area contributed by atoms with Gasteiger partial charge in [0.1, 0.15) is 19.8 Å². The number of likely N-dealkylation sites (N-methyl/N-ethyl adjacent to an activating group) is 1. The lowest BCUT2D eigenvalue weighted by atomic mass is 10.0. The normalized spacial score (nSPS) is 13.9. The van der Waals surface area contributed by atoms with Gasteiger partial charge in [0.25, 0.3) is 7.82 Å². The van der Waals surface area contributed by atoms with E-state index in [1.54, 1.807) is 0 Å². The molecule has 1 unspecified atom stereocenters. The quantitative estimate of drug-likeness (QED) is 0.0198. The van der Waals surface area contributed by atoms with Crippen LogP contribution in [0, 0.1) is 0 Å². The van der Waals surface area contributed by atoms with E-state index in [1.165, 1.54) is 103 Å². The Labute approximate surface area is 338 Å². The molecule has 0 radical (unpaired) electrons. The number of carbonyl (C=O) groups excluding carboxylic acids is 2. The molecule has 0 aromatic carbocycles. The fourth-order valence-electron chi connectivity index (χ4n) is 5.90. The SMILES string of the molecule is CCCCC/C=C/C/C=C/C/C=C/CCCCC(=O)O[C@H](COC(=O)CCCCCCCCCCCCCCCCCC)COP(=O)([O-])OCC[N+](C)(C)C. The summed E-state index contributed by atoms with van der Waals surface area (Å²) in [6, 6.07) is 0. The molecule has 10 heteroatoms. The predicted octanol–water partition coefficient (Wildman–Crippen LogP) is 11.9. The van der Waals surface area contributed by atoms with Crippen molar-refractivity contribution in [1.29, 1.82) is 0 Å². The Kier molecular flexibility index (Phi) is 36.6. The van der Waals surface area contributed by atoms with E-state index in [-0.39, 0.29) is 26.1 Å². The van der Waals surface area contributed by atoms with Crippen LogP contribution in [0.25, 0.3) is 0 Å². The number of quaternary nitrogens is 1. The molecule has 0 bridgehead atoms. The number of phosphoric ester groups is 1. The maximum atomic E-state index is 12.6. The van der Waals surface area contributed by atoms with E-state index in [9.17, 15) is 19.0 Å². The first kappa shape index (κ1) is 53.2. The Balaban J connectivity index is 4.40. The van der Waals surface area contributed by atoms with Crippen LogP contribution in [-0.2, 0) is 32.7 Å². The molecule has 0 saturated carbocycles. The number of nitrogens with zero attached hydrogens (tertiary/aromatic N) is 1. The van der Waals surface area contributed by atoms with Gasteiger partial charge in [-0.2, -0.15) is 0 Å². The molecule has 55 heavy (non-hydrogen) atoms. The summed E-state index contributed by atoms with van der Waals surface area (Å²) in [5, 5.41) is 0. The summed E-state index contributed by atoms with van der Waals surface area (Å²) >= 11 is 0. The molecular weight excluding hydrogens is 713 g/mol. The first-order valence-electron chi connectivity index (χ1n) is 22.2. The van der Waals surface area contributed by atoms with Crippen LogP contribution in [-0.4, -0.2) is 70.0 Å². The zero-order chi connectivity index (χ0) is 40.7. The molecule has 9 nitrogen and oxygen atoms in total. The summed E-state index contributed by atoms with van der Waals surface area (Å²) in [7, 11) is 1.14. The van der Waals surface area contributed by atoms with Gasteiger partial charge in [-0.05, 0) is 51.4 Å². The molecule has 0 aliphatic heterocycles. The van der Waals surface area contributed by atoms with Gasteiger partial charge < -0.3 is 27.9 Å². The Morgan fingerprint density at radius 1 is 0.564 bits per heavy atom. The number of rotatable bonds is 40. The third-order valence-corrected chi connectivity index (χ3v) is 10.4. The highest BCUT2D eigenvalue weighted by Gasteiger charge is 2.21. The number of ether oxygens (including phenoxy) is 2. The first-order valence-corrected chi connectivity index (χ1v) is 23.7. The van der Waals surface area contributed by atoms with E-state index in [0.717, 1.165) is 51.4 Å². The van der Waals surface area contributed by atoms with Crippen molar-refractivity contribution < 1.29 is 42.1 Å². The van der Waals surface area contributed by atoms with Gasteiger partial charge in [-0.15, -0.1) is 0 Å². The van der Waals surface area contributed by atoms with Crippen molar-refractivity contribution in [3.8, 4) is 0 Å². The maximum Gasteiger partial charge on any atom is 0.306 e. The van der Waals surface area contributed by atoms with Crippen molar-refractivity contribution in [2.75, 3.05) is 47.5 Å². The van der Waals surface area contributed by atoms with Crippen LogP contribution in [0.4, 0.5) is 0 Å². The summed E-state index contributed by atoms with van der Waals surface area (Å²) in [6.07, 6.45) is 41.7. The number of esters is 2. The van der Waals surface area contributed by atoms with E-state index in [1.807, 2.05) is 21.1 Å². The molecule has 0 aromatic rings. The van der Waals surface area contributed by atoms with E-state index in [2.05, 4.69) is 50.3 Å². The maximum absolute atomic E-state index is 12.6. The lowest BCUT2D eigenvalue weighted by Crippen LogP contribution is -2.37. The second-order valence-electron chi connectivity index (χ2n) is 16.1. The monoisotopic (exact) mass is 798 g/mol. The molecule has 0 spiro atoms. The number of hydrogen-bond donors (Lipinski definition) is 0. The Morgan fingerprint density at radius 3 is 1.49 bits per heavy atom. The van der Waals surface area contributed by atoms with Gasteiger partial charge in [-0.1, -0.05) is 159 Å². The topological polar surface area (TPSA) is 111 Å². The minimum atomic E-state index is -4.63. The van der Waals surface area contributed by atoms with Gasteiger partial charge in [-0.25, -0.2) is 0 Å². The predicted molar refractivity (Wildman–Crippen MR) is 227 cm³/mol. The van der Waals surface area contributed by atoms with Gasteiger partial charge in [0.15, 0.2) is 6.10 Å². The Bertz CT molecular complexity index is 1040. The lowest BCUT2D eigenvalue weighted by molar-refractivity contribution is -0.870. The van der Waals surface area contributed by atoms with Crippen molar-refractivity contribution in [2.24, 2.45) is 0 Å². The Hall–Kier alpha value is -1.77. The number of carbonyl (C=O) groups is 2. The zero-order valence-electron chi connectivity index (χ0n) is 36.1. The summed E-state index contributed by atoms with van der Waals surface area (Å²) in [6.45, 7) is 4.16. The summed E-state index contributed by atoms with van der Waals surface area (Å²) in [4.78, 5) is 37.5. The van der Waals surface area contributed by atoms with Crippen molar-refractivity contribution in [3.05, 3.63) is 36.5 Å². The summed E-state index contributed by atoms with van der Waals surface area (Å²) in [5.41, 5.74) is 0. The van der Waals surface area contributed by atoms with Crippen LogP contribution in [0.5, 0.6) is 0 Å². The largest absolute Gasteiger partial charge is 0.756 e. The van der Waals surface area contributed by atoms with E-state index in [4.69, 9.17) is 18.5 Å². The molecule has 2 atom stereocenters. The molecule has 0 fully saturated rings. The highest BCUT2D eigenvalue weighted by Crippen LogP contribution is 2.38. The molecule has 0 N–H and O–H groups in total. The molecular formula is C45H84NO8P. The van der Waals surface area contributed by atoms with Crippen LogP contribution >= 0.6 is 7.82 Å². The number of unbranched alkanes of at least 4 members (excludes halogenated alkanes) is 20. The van der Waals surface area contributed by atoms with E-state index in [0.29, 0.717) is 17.4 Å². The van der Waals surface area contributed by atoms with Crippen LogP contribution < -0.4 is 4.89 Å². The second-order valence-corrected chi connectivity index (χ2v) is 17.5. The van der Waals surface area contributed by atoms with Gasteiger partial charge >= 0.3 is 11.9 Å². The minimum Gasteiger partial charge on any atom is -0.756 e. The lowest BCUT2D eigenvalue weighted by Gasteiger charge is -2.28. The summed E-state index contributed by atoms with van der Waals surface area (Å²) < 4.78 is 33.8. The highest BCUT2D eigenvalue weighted by molar-refractivity contribution is 7.45. The highest BCUT2D eigenvalue weighted by atomic mass is 31.2. The van der Waals surface area contributed by atoms with E-state index < -0.39 is 32.5 Å². The average molecular weight is 798 g/mol. The van der Waals surface area contributed by atoms with Crippen molar-refractivity contribution in [1.82, 2.24) is 0 Å². The number of allylic oxidation sites excluding steroid dienone is 6. The van der Waals surface area contributed by atoms with Crippen LogP contribution in [0.2, 0.25) is 0 Å². The fourth-order valence-corrected chi connectivity index (χ4v) is 6.62. The molecule has 0 amide bonds. The fraction of sp³-hybridized carbons (Fsp3) is 0.822. The van der Waals surface area contributed by atoms with Crippen molar-refractivity contribution in [3.63, 3.8) is 0 Å². The molecule has 0 rings (SSSR count). The summed E-state index contributed by atoms with van der Waals surface area (Å²) in [5.74, 6) is -0.875. The molecule has 0 aliphatic rings. The smallest absolute Gasteiger partial charge is 0.306 e. The van der Waals surface area contributed by atoms with Gasteiger partial charge in [0, 0.05) is 12.8 Å². The van der Waals surface area contributed by atoms with Gasteiger partial charge in [-0.3, -0.25) is 14.2 Å². The molecule has 322 valence electrons. The Morgan fingerprint density at radius 2 is 0.982 bits per heavy atom. The second kappa shape index (κ2) is 37.8.